The van der Waals surface area contributed by atoms with Crippen LogP contribution in [0.15, 0.2) is 24.4 Å². The number of H-pyrrole nitrogens is 1. The number of rotatable bonds is 3. The van der Waals surface area contributed by atoms with Crippen LogP contribution in [-0.2, 0) is 16.4 Å². The Morgan fingerprint density at radius 3 is 2.78 bits per heavy atom. The van der Waals surface area contributed by atoms with Crippen molar-refractivity contribution in [3.63, 3.8) is 0 Å². The molecule has 0 unspecified atom stereocenters. The number of nitrogens with zero attached hydrogens (tertiary/aromatic N) is 3. The Morgan fingerprint density at radius 2 is 2.04 bits per heavy atom. The molecule has 0 aliphatic carbocycles. The molecule has 0 bridgehead atoms. The molecule has 7 heteroatoms. The monoisotopic (exact) mass is 334 g/mol. The molecule has 23 heavy (non-hydrogen) atoms. The van der Waals surface area contributed by atoms with Gasteiger partial charge in [-0.3, -0.25) is 14.9 Å². The number of hydrogen-bond donors (Lipinski definition) is 1. The average Bonchev–Trinajstić information content (AvgIpc) is 3.13. The molecule has 1 aromatic carbocycles. The minimum Gasteiger partial charge on any atom is -0.297 e. The maximum atomic E-state index is 11.6. The van der Waals surface area contributed by atoms with E-state index in [1.807, 2.05) is 6.20 Å². The molecule has 2 aromatic rings. The zero-order valence-electron chi connectivity index (χ0n) is 13.1. The number of piperazine rings is 1. The Balaban J connectivity index is 1.34. The van der Waals surface area contributed by atoms with Gasteiger partial charge in [0.2, 0.25) is 0 Å². The zero-order valence-corrected chi connectivity index (χ0v) is 13.9. The van der Waals surface area contributed by atoms with Crippen molar-refractivity contribution in [3.05, 3.63) is 30.0 Å². The van der Waals surface area contributed by atoms with Gasteiger partial charge in [0, 0.05) is 44.2 Å². The van der Waals surface area contributed by atoms with Gasteiger partial charge in [0.1, 0.15) is 0 Å². The molecular formula is C16H22N4O2S. The topological polar surface area (TPSA) is 69.3 Å². The summed E-state index contributed by atoms with van der Waals surface area (Å²) in [4.78, 5) is 4.80. The molecule has 0 spiro atoms. The van der Waals surface area contributed by atoms with Crippen LogP contribution >= 0.6 is 0 Å². The largest absolute Gasteiger partial charge is 0.297 e. The van der Waals surface area contributed by atoms with Crippen molar-refractivity contribution in [3.8, 4) is 0 Å². The van der Waals surface area contributed by atoms with Crippen LogP contribution in [0.25, 0.3) is 10.9 Å². The van der Waals surface area contributed by atoms with E-state index >= 15 is 0 Å². The first kappa shape index (κ1) is 15.1. The Morgan fingerprint density at radius 1 is 1.22 bits per heavy atom. The Hall–Kier alpha value is -1.44. The van der Waals surface area contributed by atoms with Gasteiger partial charge in [0.15, 0.2) is 9.84 Å². The van der Waals surface area contributed by atoms with Crippen molar-refractivity contribution in [2.45, 2.75) is 19.0 Å². The molecule has 1 aromatic heterocycles. The second kappa shape index (κ2) is 5.89. The fourth-order valence-corrected chi connectivity index (χ4v) is 5.45. The SMILES string of the molecule is O=S1(=O)CC[C@H](N2CCN(Cc3ccc4cn[nH]c4c3)CC2)C1. The van der Waals surface area contributed by atoms with E-state index in [-0.39, 0.29) is 6.04 Å². The summed E-state index contributed by atoms with van der Waals surface area (Å²) in [6.07, 6.45) is 2.65. The highest BCUT2D eigenvalue weighted by molar-refractivity contribution is 7.91. The lowest BCUT2D eigenvalue weighted by Gasteiger charge is -2.37. The quantitative estimate of drug-likeness (QED) is 0.902. The van der Waals surface area contributed by atoms with Crippen LogP contribution in [-0.4, -0.2) is 72.1 Å². The Bertz CT molecular complexity index is 793. The normalized spacial score (nSPS) is 26.0. The third-order valence-corrected chi connectivity index (χ3v) is 6.79. The van der Waals surface area contributed by atoms with Crippen molar-refractivity contribution in [1.29, 1.82) is 0 Å². The van der Waals surface area contributed by atoms with Crippen LogP contribution < -0.4 is 0 Å². The van der Waals surface area contributed by atoms with Crippen LogP contribution in [0, 0.1) is 0 Å². The Kier molecular flexibility index (Phi) is 3.87. The third kappa shape index (κ3) is 3.27. The second-order valence-electron chi connectivity index (χ2n) is 6.66. The maximum Gasteiger partial charge on any atom is 0.151 e. The van der Waals surface area contributed by atoms with Crippen LogP contribution in [0.5, 0.6) is 0 Å². The molecule has 124 valence electrons. The summed E-state index contributed by atoms with van der Waals surface area (Å²) < 4.78 is 23.3. The van der Waals surface area contributed by atoms with Gasteiger partial charge in [-0.05, 0) is 18.1 Å². The van der Waals surface area contributed by atoms with Gasteiger partial charge in [0.05, 0.1) is 23.2 Å². The highest BCUT2D eigenvalue weighted by Gasteiger charge is 2.33. The zero-order chi connectivity index (χ0) is 15.9. The lowest BCUT2D eigenvalue weighted by Crippen LogP contribution is -2.50. The summed E-state index contributed by atoms with van der Waals surface area (Å²) in [6.45, 7) is 4.86. The standard InChI is InChI=1S/C16H22N4O2S/c21-23(22)8-3-15(12-23)20-6-4-19(5-7-20)11-13-1-2-14-10-17-18-16(14)9-13/h1-2,9-10,15H,3-8,11-12H2,(H,17,18)/t15-/m0/s1. The highest BCUT2D eigenvalue weighted by Crippen LogP contribution is 2.20. The summed E-state index contributed by atoms with van der Waals surface area (Å²) >= 11 is 0. The third-order valence-electron chi connectivity index (χ3n) is 5.04. The number of aromatic nitrogens is 2. The van der Waals surface area contributed by atoms with Crippen LogP contribution in [0.2, 0.25) is 0 Å². The summed E-state index contributed by atoms with van der Waals surface area (Å²) in [5.41, 5.74) is 2.37. The van der Waals surface area contributed by atoms with Crippen molar-refractivity contribution >= 4 is 20.7 Å². The van der Waals surface area contributed by atoms with E-state index in [4.69, 9.17) is 0 Å². The van der Waals surface area contributed by atoms with E-state index in [0.29, 0.717) is 11.5 Å². The maximum absolute atomic E-state index is 11.6. The number of benzene rings is 1. The van der Waals surface area contributed by atoms with Crippen molar-refractivity contribution in [2.24, 2.45) is 0 Å². The number of hydrogen-bond acceptors (Lipinski definition) is 5. The van der Waals surface area contributed by atoms with Gasteiger partial charge in [-0.2, -0.15) is 5.10 Å². The summed E-state index contributed by atoms with van der Waals surface area (Å²) in [5, 5.41) is 8.22. The van der Waals surface area contributed by atoms with E-state index in [9.17, 15) is 8.42 Å². The van der Waals surface area contributed by atoms with E-state index in [0.717, 1.165) is 50.0 Å². The molecule has 0 amide bonds. The number of fused-ring (bicyclic) bond motifs is 1. The molecule has 6 nitrogen and oxygen atoms in total. The molecule has 1 N–H and O–H groups in total. The minimum absolute atomic E-state index is 0.239. The highest BCUT2D eigenvalue weighted by atomic mass is 32.2. The van der Waals surface area contributed by atoms with Crippen molar-refractivity contribution in [2.75, 3.05) is 37.7 Å². The molecule has 2 saturated heterocycles. The molecular weight excluding hydrogens is 312 g/mol. The molecule has 0 radical (unpaired) electrons. The summed E-state index contributed by atoms with van der Waals surface area (Å²) in [6, 6.07) is 6.67. The van der Waals surface area contributed by atoms with Gasteiger partial charge in [-0.25, -0.2) is 8.42 Å². The predicted molar refractivity (Wildman–Crippen MR) is 90.0 cm³/mol. The van der Waals surface area contributed by atoms with E-state index in [1.54, 1.807) is 0 Å². The van der Waals surface area contributed by atoms with Crippen molar-refractivity contribution in [1.82, 2.24) is 20.0 Å². The fourth-order valence-electron chi connectivity index (χ4n) is 3.69. The van der Waals surface area contributed by atoms with Crippen LogP contribution in [0.1, 0.15) is 12.0 Å². The average molecular weight is 334 g/mol. The number of sulfone groups is 1. The summed E-state index contributed by atoms with van der Waals surface area (Å²) in [7, 11) is -2.79. The molecule has 3 heterocycles. The number of aromatic amines is 1. The number of nitrogens with one attached hydrogen (secondary N) is 1. The van der Waals surface area contributed by atoms with E-state index < -0.39 is 9.84 Å². The minimum atomic E-state index is -2.79. The Labute approximate surface area is 136 Å². The van der Waals surface area contributed by atoms with Gasteiger partial charge in [-0.1, -0.05) is 12.1 Å². The lowest BCUT2D eigenvalue weighted by molar-refractivity contribution is 0.100. The first-order valence-electron chi connectivity index (χ1n) is 8.18. The van der Waals surface area contributed by atoms with E-state index in [2.05, 4.69) is 38.2 Å². The first-order valence-corrected chi connectivity index (χ1v) is 10.00. The molecule has 2 aliphatic rings. The molecule has 0 saturated carbocycles. The fraction of sp³-hybridized carbons (Fsp3) is 0.562. The smallest absolute Gasteiger partial charge is 0.151 e. The van der Waals surface area contributed by atoms with Gasteiger partial charge < -0.3 is 0 Å². The molecule has 2 aliphatic heterocycles. The van der Waals surface area contributed by atoms with E-state index in [1.165, 1.54) is 5.56 Å². The van der Waals surface area contributed by atoms with Gasteiger partial charge >= 0.3 is 0 Å². The van der Waals surface area contributed by atoms with Crippen LogP contribution in [0.4, 0.5) is 0 Å². The molecule has 4 rings (SSSR count). The molecule has 2 fully saturated rings. The lowest BCUT2D eigenvalue weighted by atomic mass is 10.1. The van der Waals surface area contributed by atoms with Gasteiger partial charge in [0.25, 0.3) is 0 Å². The first-order chi connectivity index (χ1) is 11.1. The summed E-state index contributed by atoms with van der Waals surface area (Å²) in [5.74, 6) is 0.714. The van der Waals surface area contributed by atoms with Crippen LogP contribution in [0.3, 0.4) is 0 Å². The van der Waals surface area contributed by atoms with Gasteiger partial charge in [-0.15, -0.1) is 0 Å². The predicted octanol–water partition coefficient (Wildman–Crippen LogP) is 0.868. The molecule has 1 atom stereocenters. The van der Waals surface area contributed by atoms with Crippen molar-refractivity contribution < 1.29 is 8.42 Å². The second-order valence-corrected chi connectivity index (χ2v) is 8.89.